The molecule has 0 aromatic carbocycles. The molecule has 35 heavy (non-hydrogen) atoms. The Hall–Kier alpha value is -2.12. The first-order valence-corrected chi connectivity index (χ1v) is 12.7. The molecule has 0 fully saturated rings. The molecule has 0 aliphatic rings. The monoisotopic (exact) mass is 500 g/mol. The fraction of sp³-hybridized carbons (Fsp3) is 0.826. The summed E-state index contributed by atoms with van der Waals surface area (Å²) in [6.45, 7) is 6.95. The number of hydrogen-bond donors (Lipinski definition) is 6. The number of nitrogens with two attached hydrogens (primary N) is 3. The Morgan fingerprint density at radius 2 is 1.03 bits per heavy atom. The van der Waals surface area contributed by atoms with Gasteiger partial charge >= 0.3 is 0 Å². The van der Waals surface area contributed by atoms with Crippen LogP contribution >= 0.6 is 0 Å². The van der Waals surface area contributed by atoms with Crippen LogP contribution in [0.15, 0.2) is 0 Å². The predicted octanol–water partition coefficient (Wildman–Crippen LogP) is -1.91. The molecule has 0 aliphatic heterocycles. The third-order valence-electron chi connectivity index (χ3n) is 5.45. The van der Waals surface area contributed by atoms with Gasteiger partial charge in [-0.25, -0.2) is 0 Å². The third-order valence-corrected chi connectivity index (χ3v) is 5.45. The molecular formula is C23H48N8O4. The van der Waals surface area contributed by atoms with Crippen molar-refractivity contribution in [2.75, 3.05) is 72.1 Å². The van der Waals surface area contributed by atoms with Crippen LogP contribution in [0.2, 0.25) is 0 Å². The van der Waals surface area contributed by atoms with Crippen molar-refractivity contribution in [1.29, 1.82) is 0 Å². The molecule has 0 atom stereocenters. The van der Waals surface area contributed by atoms with Crippen molar-refractivity contribution >= 4 is 23.5 Å². The quantitative estimate of drug-likeness (QED) is 0.0870. The maximum Gasteiger partial charge on any atom is 0.222 e. The molecule has 0 bridgehead atoms. The molecule has 0 rings (SSSR count). The molecule has 204 valence electrons. The van der Waals surface area contributed by atoms with Crippen LogP contribution in [0.3, 0.4) is 0 Å². The second-order valence-electron chi connectivity index (χ2n) is 8.41. The minimum atomic E-state index is -0.153. The summed E-state index contributed by atoms with van der Waals surface area (Å²) in [7, 11) is 0. The fourth-order valence-corrected chi connectivity index (χ4v) is 3.32. The van der Waals surface area contributed by atoms with Gasteiger partial charge in [-0.3, -0.25) is 19.2 Å². The van der Waals surface area contributed by atoms with E-state index in [1.165, 1.54) is 0 Å². The molecule has 12 heteroatoms. The summed E-state index contributed by atoms with van der Waals surface area (Å²) in [5.41, 5.74) is 16.2. The number of nitrogens with zero attached hydrogens (tertiary/aromatic N) is 2. The number of carbonyl (C=O) groups excluding carboxylic acids is 4. The topological polar surface area (TPSA) is 189 Å². The maximum absolute atomic E-state index is 12.2. The van der Waals surface area contributed by atoms with Crippen molar-refractivity contribution in [3.63, 3.8) is 0 Å². The molecule has 0 aliphatic carbocycles. The molecule has 0 aromatic heterocycles. The van der Waals surface area contributed by atoms with Crippen molar-refractivity contribution in [2.45, 2.75) is 51.9 Å². The highest BCUT2D eigenvalue weighted by Crippen LogP contribution is 2.03. The molecule has 0 saturated heterocycles. The van der Waals surface area contributed by atoms with Crippen LogP contribution in [0.1, 0.15) is 51.9 Å². The largest absolute Gasteiger partial charge is 0.355 e. The second kappa shape index (κ2) is 22.4. The summed E-state index contributed by atoms with van der Waals surface area (Å²) in [4.78, 5) is 52.3. The number of Topliss-reactive ketones (excluding diaryl/α,β-unsaturated/α-hetero) is 1. The van der Waals surface area contributed by atoms with Gasteiger partial charge in [-0.15, -0.1) is 0 Å². The van der Waals surface area contributed by atoms with E-state index in [1.54, 1.807) is 0 Å². The number of ketones is 1. The van der Waals surface area contributed by atoms with Crippen LogP contribution in [0, 0.1) is 0 Å². The van der Waals surface area contributed by atoms with E-state index in [2.05, 4.69) is 27.8 Å². The lowest BCUT2D eigenvalue weighted by Crippen LogP contribution is -2.41. The Morgan fingerprint density at radius 3 is 1.43 bits per heavy atom. The Labute approximate surface area is 210 Å². The van der Waals surface area contributed by atoms with Gasteiger partial charge in [-0.05, 0) is 6.42 Å². The fourth-order valence-electron chi connectivity index (χ4n) is 3.32. The van der Waals surface area contributed by atoms with Gasteiger partial charge < -0.3 is 43.0 Å². The Bertz CT molecular complexity index is 582. The number of rotatable bonds is 23. The molecule has 0 heterocycles. The summed E-state index contributed by atoms with van der Waals surface area (Å²) < 4.78 is 0. The third kappa shape index (κ3) is 19.8. The van der Waals surface area contributed by atoms with E-state index >= 15 is 0 Å². The van der Waals surface area contributed by atoms with Gasteiger partial charge in [0.25, 0.3) is 0 Å². The second-order valence-corrected chi connectivity index (χ2v) is 8.41. The van der Waals surface area contributed by atoms with E-state index in [4.69, 9.17) is 17.2 Å². The smallest absolute Gasteiger partial charge is 0.222 e. The lowest BCUT2D eigenvalue weighted by molar-refractivity contribution is -0.123. The molecule has 3 amide bonds. The van der Waals surface area contributed by atoms with Crippen molar-refractivity contribution in [3.8, 4) is 0 Å². The lowest BCUT2D eigenvalue weighted by atomic mass is 10.1. The van der Waals surface area contributed by atoms with Crippen LogP contribution in [0.25, 0.3) is 0 Å². The van der Waals surface area contributed by atoms with Gasteiger partial charge in [-0.2, -0.15) is 0 Å². The Kier molecular flexibility index (Phi) is 21.0. The van der Waals surface area contributed by atoms with Gasteiger partial charge in [0.05, 0.1) is 6.67 Å². The standard InChI is InChI=1S/C23H48N8O4/c1-2-3-4-20(32)5-13-30(14-6-21(33)27-11-9-24)17-18-31(16-8-23(35)29-19-26)15-7-22(34)28-12-10-25/h2-19,24-26H2,1H3,(H,27,33)(H,28,34)(H,29,35). The van der Waals surface area contributed by atoms with E-state index in [-0.39, 0.29) is 43.0 Å². The van der Waals surface area contributed by atoms with Gasteiger partial charge in [0.2, 0.25) is 17.7 Å². The molecule has 0 saturated carbocycles. The molecule has 0 unspecified atom stereocenters. The van der Waals surface area contributed by atoms with Gasteiger partial charge in [0, 0.05) is 97.6 Å². The number of carbonyl (C=O) groups is 4. The van der Waals surface area contributed by atoms with Crippen molar-refractivity contribution < 1.29 is 19.2 Å². The van der Waals surface area contributed by atoms with Crippen LogP contribution in [-0.4, -0.2) is 105 Å². The van der Waals surface area contributed by atoms with Crippen LogP contribution < -0.4 is 33.2 Å². The van der Waals surface area contributed by atoms with Crippen LogP contribution in [0.5, 0.6) is 0 Å². The summed E-state index contributed by atoms with van der Waals surface area (Å²) >= 11 is 0. The van der Waals surface area contributed by atoms with E-state index in [0.29, 0.717) is 84.7 Å². The number of hydrogen-bond acceptors (Lipinski definition) is 9. The first-order valence-electron chi connectivity index (χ1n) is 12.7. The highest BCUT2D eigenvalue weighted by molar-refractivity contribution is 5.78. The van der Waals surface area contributed by atoms with Crippen molar-refractivity contribution in [1.82, 2.24) is 25.8 Å². The van der Waals surface area contributed by atoms with E-state index in [9.17, 15) is 19.2 Å². The molecule has 0 radical (unpaired) electrons. The normalized spacial score (nSPS) is 11.0. The van der Waals surface area contributed by atoms with E-state index in [0.717, 1.165) is 12.8 Å². The number of amides is 3. The summed E-state index contributed by atoms with van der Waals surface area (Å²) in [5, 5.41) is 8.09. The zero-order chi connectivity index (χ0) is 26.3. The van der Waals surface area contributed by atoms with Crippen LogP contribution in [-0.2, 0) is 19.2 Å². The zero-order valence-electron chi connectivity index (χ0n) is 21.5. The lowest BCUT2D eigenvalue weighted by Gasteiger charge is -2.27. The Balaban J connectivity index is 4.97. The first-order chi connectivity index (χ1) is 16.9. The summed E-state index contributed by atoms with van der Waals surface area (Å²) in [6.07, 6.45) is 3.72. The van der Waals surface area contributed by atoms with Crippen molar-refractivity contribution in [2.24, 2.45) is 17.2 Å². The van der Waals surface area contributed by atoms with Gasteiger partial charge in [-0.1, -0.05) is 13.3 Å². The van der Waals surface area contributed by atoms with E-state index < -0.39 is 0 Å². The molecule has 12 nitrogen and oxygen atoms in total. The number of nitrogens with one attached hydrogen (secondary N) is 3. The van der Waals surface area contributed by atoms with E-state index in [1.807, 2.05) is 4.90 Å². The highest BCUT2D eigenvalue weighted by atomic mass is 16.2. The van der Waals surface area contributed by atoms with Gasteiger partial charge in [0.1, 0.15) is 5.78 Å². The minimum Gasteiger partial charge on any atom is -0.355 e. The molecule has 9 N–H and O–H groups in total. The minimum absolute atomic E-state index is 0.0758. The molecule has 0 spiro atoms. The highest BCUT2D eigenvalue weighted by Gasteiger charge is 2.15. The molecule has 0 aromatic rings. The van der Waals surface area contributed by atoms with Crippen LogP contribution in [0.4, 0.5) is 0 Å². The average molecular weight is 501 g/mol. The SMILES string of the molecule is CCCCC(=O)CCN(CCC(=O)NCCN)CCN(CCC(=O)NCN)CCC(=O)NCCN. The van der Waals surface area contributed by atoms with Crippen molar-refractivity contribution in [3.05, 3.63) is 0 Å². The average Bonchev–Trinajstić information content (AvgIpc) is 2.85. The predicted molar refractivity (Wildman–Crippen MR) is 137 cm³/mol. The molecular weight excluding hydrogens is 452 g/mol. The number of unbranched alkanes of at least 4 members (excludes halogenated alkanes) is 1. The summed E-state index contributed by atoms with van der Waals surface area (Å²) in [6, 6.07) is 0. The van der Waals surface area contributed by atoms with Gasteiger partial charge in [0.15, 0.2) is 0 Å². The summed E-state index contributed by atoms with van der Waals surface area (Å²) in [5.74, 6) is -0.109. The maximum atomic E-state index is 12.2. The Morgan fingerprint density at radius 1 is 0.600 bits per heavy atom. The zero-order valence-corrected chi connectivity index (χ0v) is 21.5. The first kappa shape index (κ1) is 32.9.